The number of fused-ring (bicyclic) bond motifs is 1. The van der Waals surface area contributed by atoms with Gasteiger partial charge in [-0.3, -0.25) is 4.79 Å². The van der Waals surface area contributed by atoms with E-state index in [1.165, 1.54) is 6.21 Å². The van der Waals surface area contributed by atoms with Gasteiger partial charge in [0.15, 0.2) is 0 Å². The van der Waals surface area contributed by atoms with Gasteiger partial charge in [0.2, 0.25) is 0 Å². The lowest BCUT2D eigenvalue weighted by molar-refractivity contribution is -0.121. The van der Waals surface area contributed by atoms with Crippen LogP contribution < -0.4 is 5.43 Å². The molecule has 1 N–H and O–H groups in total. The number of furan rings is 1. The van der Waals surface area contributed by atoms with Crippen molar-refractivity contribution in [3.8, 4) is 0 Å². The highest BCUT2D eigenvalue weighted by atomic mass is 16.3. The second-order valence-corrected chi connectivity index (χ2v) is 4.55. The van der Waals surface area contributed by atoms with E-state index in [2.05, 4.69) is 15.5 Å². The van der Waals surface area contributed by atoms with Crippen LogP contribution in [0.25, 0.3) is 17.1 Å². The monoisotopic (exact) mass is 294 g/mol. The molecular formula is C16H14N4O2. The number of nitrogens with one attached hydrogen (secondary N) is 1. The van der Waals surface area contributed by atoms with Gasteiger partial charge in [0, 0.05) is 6.21 Å². The van der Waals surface area contributed by atoms with Crippen LogP contribution >= 0.6 is 0 Å². The first-order valence-electron chi connectivity index (χ1n) is 6.75. The summed E-state index contributed by atoms with van der Waals surface area (Å²) >= 11 is 0. The predicted molar refractivity (Wildman–Crippen MR) is 84.1 cm³/mol. The molecule has 22 heavy (non-hydrogen) atoms. The van der Waals surface area contributed by atoms with Crippen LogP contribution in [0.2, 0.25) is 0 Å². The number of nitrogens with zero attached hydrogens (tertiary/aromatic N) is 3. The lowest BCUT2D eigenvalue weighted by atomic mass is 10.3. The zero-order chi connectivity index (χ0) is 15.2. The maximum atomic E-state index is 11.8. The minimum atomic E-state index is -0.217. The zero-order valence-electron chi connectivity index (χ0n) is 11.7. The van der Waals surface area contributed by atoms with Gasteiger partial charge in [-0.1, -0.05) is 12.1 Å². The first-order chi connectivity index (χ1) is 10.8. The number of hydrogen-bond acceptors (Lipinski definition) is 4. The molecule has 2 aromatic heterocycles. The highest BCUT2D eigenvalue weighted by molar-refractivity contribution is 5.82. The van der Waals surface area contributed by atoms with Gasteiger partial charge < -0.3 is 8.98 Å². The molecular weight excluding hydrogens is 280 g/mol. The Balaban J connectivity index is 1.54. The molecule has 0 aliphatic heterocycles. The van der Waals surface area contributed by atoms with Crippen LogP contribution in [0.5, 0.6) is 0 Å². The van der Waals surface area contributed by atoms with E-state index >= 15 is 0 Å². The molecule has 3 aromatic rings. The fourth-order valence-electron chi connectivity index (χ4n) is 2.00. The number of hydrogen-bond donors (Lipinski definition) is 1. The van der Waals surface area contributed by atoms with Crippen molar-refractivity contribution >= 4 is 29.2 Å². The van der Waals surface area contributed by atoms with E-state index in [4.69, 9.17) is 4.42 Å². The zero-order valence-corrected chi connectivity index (χ0v) is 11.7. The molecule has 6 heteroatoms. The van der Waals surface area contributed by atoms with Gasteiger partial charge in [0.1, 0.15) is 12.3 Å². The lowest BCUT2D eigenvalue weighted by Gasteiger charge is -2.02. The van der Waals surface area contributed by atoms with Crippen molar-refractivity contribution in [2.75, 3.05) is 0 Å². The van der Waals surface area contributed by atoms with Gasteiger partial charge in [-0.25, -0.2) is 10.4 Å². The molecule has 2 heterocycles. The van der Waals surface area contributed by atoms with Gasteiger partial charge in [0.25, 0.3) is 5.91 Å². The summed E-state index contributed by atoms with van der Waals surface area (Å²) in [6.07, 6.45) is 8.16. The van der Waals surface area contributed by atoms with Gasteiger partial charge in [-0.15, -0.1) is 0 Å². The topological polar surface area (TPSA) is 72.4 Å². The van der Waals surface area contributed by atoms with Gasteiger partial charge in [0.05, 0.1) is 23.6 Å². The number of allylic oxidation sites excluding steroid dienone is 1. The highest BCUT2D eigenvalue weighted by Gasteiger charge is 2.05. The van der Waals surface area contributed by atoms with Gasteiger partial charge in [-0.05, 0) is 36.4 Å². The summed E-state index contributed by atoms with van der Waals surface area (Å²) in [6.45, 7) is 0.166. The number of amides is 1. The average Bonchev–Trinajstić information content (AvgIpc) is 3.17. The maximum absolute atomic E-state index is 11.8. The normalized spacial score (nSPS) is 11.6. The second-order valence-electron chi connectivity index (χ2n) is 4.55. The van der Waals surface area contributed by atoms with E-state index in [0.717, 1.165) is 16.8 Å². The van der Waals surface area contributed by atoms with Crippen molar-refractivity contribution in [2.45, 2.75) is 6.54 Å². The van der Waals surface area contributed by atoms with Crippen LogP contribution in [0, 0.1) is 0 Å². The number of rotatable bonds is 5. The fraction of sp³-hybridized carbons (Fsp3) is 0.0625. The highest BCUT2D eigenvalue weighted by Crippen LogP contribution is 2.11. The van der Waals surface area contributed by atoms with Crippen molar-refractivity contribution in [3.05, 3.63) is 60.8 Å². The smallest absolute Gasteiger partial charge is 0.260 e. The van der Waals surface area contributed by atoms with Crippen LogP contribution in [0.1, 0.15) is 5.76 Å². The molecule has 3 rings (SSSR count). The molecule has 0 atom stereocenters. The summed E-state index contributed by atoms with van der Waals surface area (Å²) in [5, 5.41) is 3.84. The molecule has 0 saturated carbocycles. The Morgan fingerprint density at radius 3 is 3.09 bits per heavy atom. The molecule has 0 fully saturated rings. The summed E-state index contributed by atoms with van der Waals surface area (Å²) in [5.41, 5.74) is 4.24. The van der Waals surface area contributed by atoms with Crippen molar-refractivity contribution in [1.82, 2.24) is 15.0 Å². The molecule has 1 aromatic carbocycles. The van der Waals surface area contributed by atoms with Crippen LogP contribution in [0.15, 0.2) is 64.6 Å². The average molecular weight is 294 g/mol. The second kappa shape index (κ2) is 6.53. The third-order valence-electron chi connectivity index (χ3n) is 2.99. The number of carbonyl (C=O) groups excluding carboxylic acids is 1. The predicted octanol–water partition coefficient (Wildman–Crippen LogP) is 2.44. The van der Waals surface area contributed by atoms with E-state index in [-0.39, 0.29) is 12.5 Å². The number of hydrazone groups is 1. The Morgan fingerprint density at radius 2 is 2.23 bits per heavy atom. The minimum Gasteiger partial charge on any atom is -0.465 e. The van der Waals surface area contributed by atoms with E-state index in [1.807, 2.05) is 30.3 Å². The number of aromatic nitrogens is 2. The molecule has 0 spiro atoms. The number of benzene rings is 1. The van der Waals surface area contributed by atoms with Crippen LogP contribution in [0.3, 0.4) is 0 Å². The number of imidazole rings is 1. The Bertz CT molecular complexity index is 816. The molecule has 0 saturated heterocycles. The summed E-state index contributed by atoms with van der Waals surface area (Å²) in [4.78, 5) is 16.1. The Kier molecular flexibility index (Phi) is 4.10. The number of carbonyl (C=O) groups is 1. The van der Waals surface area contributed by atoms with Crippen LogP contribution in [-0.2, 0) is 11.3 Å². The van der Waals surface area contributed by atoms with Crippen LogP contribution in [0.4, 0.5) is 0 Å². The van der Waals surface area contributed by atoms with Crippen LogP contribution in [-0.4, -0.2) is 21.7 Å². The molecule has 6 nitrogen and oxygen atoms in total. The summed E-state index contributed by atoms with van der Waals surface area (Å²) in [7, 11) is 0. The molecule has 0 aliphatic rings. The van der Waals surface area contributed by atoms with E-state index in [9.17, 15) is 4.79 Å². The minimum absolute atomic E-state index is 0.166. The summed E-state index contributed by atoms with van der Waals surface area (Å²) in [6, 6.07) is 11.3. The van der Waals surface area contributed by atoms with Crippen molar-refractivity contribution in [2.24, 2.45) is 5.10 Å². The molecule has 0 unspecified atom stereocenters. The SMILES string of the molecule is O=C(Cn1cnc2ccccc21)N/N=C\C=C\c1ccco1. The van der Waals surface area contributed by atoms with Gasteiger partial charge in [-0.2, -0.15) is 5.10 Å². The quantitative estimate of drug-likeness (QED) is 0.580. The Labute approximate surface area is 126 Å². The molecule has 0 bridgehead atoms. The molecule has 0 radical (unpaired) electrons. The van der Waals surface area contributed by atoms with Crippen molar-refractivity contribution in [3.63, 3.8) is 0 Å². The van der Waals surface area contributed by atoms with Gasteiger partial charge >= 0.3 is 0 Å². The first-order valence-corrected chi connectivity index (χ1v) is 6.75. The third kappa shape index (κ3) is 3.29. The lowest BCUT2D eigenvalue weighted by Crippen LogP contribution is -2.22. The van der Waals surface area contributed by atoms with E-state index in [0.29, 0.717) is 0 Å². The molecule has 1 amide bonds. The standard InChI is InChI=1S/C16H14N4O2/c21-16(19-18-9-3-5-13-6-4-10-22-13)11-20-12-17-14-7-1-2-8-15(14)20/h1-10,12H,11H2,(H,19,21)/b5-3+,18-9-. The summed E-state index contributed by atoms with van der Waals surface area (Å²) < 4.78 is 6.90. The molecule has 0 aliphatic carbocycles. The Morgan fingerprint density at radius 1 is 1.32 bits per heavy atom. The first kappa shape index (κ1) is 13.8. The molecule has 110 valence electrons. The Hall–Kier alpha value is -3.15. The van der Waals surface area contributed by atoms with Crippen molar-refractivity contribution in [1.29, 1.82) is 0 Å². The maximum Gasteiger partial charge on any atom is 0.260 e. The third-order valence-corrected chi connectivity index (χ3v) is 2.99. The fourth-order valence-corrected chi connectivity index (χ4v) is 2.00. The summed E-state index contributed by atoms with van der Waals surface area (Å²) in [5.74, 6) is 0.508. The van der Waals surface area contributed by atoms with E-state index < -0.39 is 0 Å². The van der Waals surface area contributed by atoms with Crippen molar-refractivity contribution < 1.29 is 9.21 Å². The largest absolute Gasteiger partial charge is 0.465 e. The number of para-hydroxylation sites is 2. The van der Waals surface area contributed by atoms with E-state index in [1.54, 1.807) is 35.4 Å².